The summed E-state index contributed by atoms with van der Waals surface area (Å²) in [5, 5.41) is 9.54. The van der Waals surface area contributed by atoms with Crippen LogP contribution in [0.3, 0.4) is 0 Å². The highest BCUT2D eigenvalue weighted by Crippen LogP contribution is 2.33. The van der Waals surface area contributed by atoms with Crippen LogP contribution in [-0.4, -0.2) is 20.5 Å². The minimum Gasteiger partial charge on any atom is -0.345 e. The maximum absolute atomic E-state index is 13.1. The Hall–Kier alpha value is -2.94. The molecule has 0 bridgehead atoms. The first-order valence-corrected chi connectivity index (χ1v) is 7.93. The maximum atomic E-state index is 13.1. The molecule has 3 aromatic rings. The lowest BCUT2D eigenvalue weighted by atomic mass is 10.2. The Morgan fingerprint density at radius 1 is 1.26 bits per heavy atom. The van der Waals surface area contributed by atoms with Crippen molar-refractivity contribution in [3.63, 3.8) is 0 Å². The molecule has 3 rings (SSSR count). The van der Waals surface area contributed by atoms with Crippen molar-refractivity contribution in [2.45, 2.75) is 12.7 Å². The Labute approximate surface area is 155 Å². The van der Waals surface area contributed by atoms with Crippen LogP contribution in [0.5, 0.6) is 0 Å². The Kier molecular flexibility index (Phi) is 5.13. The van der Waals surface area contributed by atoms with Crippen LogP contribution in [0.25, 0.3) is 11.7 Å². The average molecular weight is 399 g/mol. The topological polar surface area (TPSA) is 59.3 Å². The monoisotopic (exact) mass is 398 g/mol. The molecule has 0 aliphatic carbocycles. The Balaban J connectivity index is 1.75. The highest BCUT2D eigenvalue weighted by molar-refractivity contribution is 6.30. The standard InChI is InChI=1S/C17H11ClF4N4O/c18-11-7-13(17(20,21)22)16-25-24-14(26(16)9-11)8-23-15(27)5-4-10-2-1-3-12(19)6-10/h1-7,9H,8H2,(H,23,27). The maximum Gasteiger partial charge on any atom is 0.420 e. The van der Waals surface area contributed by atoms with Crippen molar-refractivity contribution in [1.29, 1.82) is 0 Å². The normalized spacial score (nSPS) is 12.0. The number of hydrogen-bond donors (Lipinski definition) is 1. The fourth-order valence-corrected chi connectivity index (χ4v) is 2.55. The third-order valence-electron chi connectivity index (χ3n) is 3.54. The number of amides is 1. The zero-order chi connectivity index (χ0) is 19.6. The van der Waals surface area contributed by atoms with E-state index in [2.05, 4.69) is 15.5 Å². The van der Waals surface area contributed by atoms with E-state index in [4.69, 9.17) is 11.6 Å². The highest BCUT2D eigenvalue weighted by atomic mass is 35.5. The lowest BCUT2D eigenvalue weighted by Gasteiger charge is -2.09. The number of aromatic nitrogens is 3. The molecule has 0 spiro atoms. The summed E-state index contributed by atoms with van der Waals surface area (Å²) in [7, 11) is 0. The fraction of sp³-hybridized carbons (Fsp3) is 0.118. The number of nitrogens with one attached hydrogen (secondary N) is 1. The quantitative estimate of drug-likeness (QED) is 0.536. The number of pyridine rings is 1. The number of rotatable bonds is 4. The second-order valence-corrected chi connectivity index (χ2v) is 5.92. The second kappa shape index (κ2) is 7.36. The van der Waals surface area contributed by atoms with Crippen LogP contribution < -0.4 is 5.32 Å². The summed E-state index contributed by atoms with van der Waals surface area (Å²) in [6.45, 7) is -0.175. The van der Waals surface area contributed by atoms with E-state index in [-0.39, 0.29) is 17.4 Å². The first-order chi connectivity index (χ1) is 12.7. The highest BCUT2D eigenvalue weighted by Gasteiger charge is 2.35. The number of hydrogen-bond acceptors (Lipinski definition) is 3. The number of halogens is 5. The van der Waals surface area contributed by atoms with Crippen LogP contribution in [0, 0.1) is 5.82 Å². The minimum atomic E-state index is -4.65. The van der Waals surface area contributed by atoms with Crippen molar-refractivity contribution in [2.75, 3.05) is 0 Å². The van der Waals surface area contributed by atoms with Gasteiger partial charge in [0.25, 0.3) is 0 Å². The number of nitrogens with zero attached hydrogens (tertiary/aromatic N) is 3. The summed E-state index contributed by atoms with van der Waals surface area (Å²) in [5.74, 6) is -0.899. The van der Waals surface area contributed by atoms with Crippen LogP contribution in [0.4, 0.5) is 17.6 Å². The third-order valence-corrected chi connectivity index (χ3v) is 3.75. The van der Waals surface area contributed by atoms with E-state index >= 15 is 0 Å². The molecule has 0 atom stereocenters. The molecule has 2 aromatic heterocycles. The largest absolute Gasteiger partial charge is 0.420 e. The van der Waals surface area contributed by atoms with Gasteiger partial charge >= 0.3 is 6.18 Å². The molecule has 1 N–H and O–H groups in total. The predicted octanol–water partition coefficient (Wildman–Crippen LogP) is 3.87. The van der Waals surface area contributed by atoms with Crippen molar-refractivity contribution < 1.29 is 22.4 Å². The van der Waals surface area contributed by atoms with Gasteiger partial charge in [0.2, 0.25) is 5.91 Å². The Bertz CT molecular complexity index is 1030. The van der Waals surface area contributed by atoms with Crippen molar-refractivity contribution in [2.24, 2.45) is 0 Å². The first kappa shape index (κ1) is 18.8. The summed E-state index contributed by atoms with van der Waals surface area (Å²) in [4.78, 5) is 11.9. The van der Waals surface area contributed by atoms with Crippen LogP contribution in [0.15, 0.2) is 42.6 Å². The van der Waals surface area contributed by atoms with E-state index < -0.39 is 29.1 Å². The molecular formula is C17H11ClF4N4O. The summed E-state index contributed by atoms with van der Waals surface area (Å²) in [5.41, 5.74) is -0.947. The van der Waals surface area contributed by atoms with Gasteiger partial charge in [0.15, 0.2) is 11.5 Å². The second-order valence-electron chi connectivity index (χ2n) is 5.49. The van der Waals surface area contributed by atoms with Gasteiger partial charge in [-0.25, -0.2) is 4.39 Å². The summed E-state index contributed by atoms with van der Waals surface area (Å²) >= 11 is 5.75. The average Bonchev–Trinajstić information content (AvgIpc) is 2.99. The molecule has 1 amide bonds. The number of carbonyl (C=O) groups excluding carboxylic acids is 1. The van der Waals surface area contributed by atoms with Gasteiger partial charge in [-0.3, -0.25) is 9.20 Å². The SMILES string of the molecule is O=C(C=Cc1cccc(F)c1)NCc1nnc2c(C(F)(F)F)cc(Cl)cn12. The molecule has 140 valence electrons. The molecular weight excluding hydrogens is 388 g/mol. The lowest BCUT2D eigenvalue weighted by Crippen LogP contribution is -2.21. The number of fused-ring (bicyclic) bond motifs is 1. The van der Waals surface area contributed by atoms with Gasteiger partial charge in [0, 0.05) is 12.3 Å². The molecule has 10 heteroatoms. The molecule has 0 unspecified atom stereocenters. The van der Waals surface area contributed by atoms with Crippen LogP contribution in [0.1, 0.15) is 17.0 Å². The molecule has 0 aliphatic rings. The van der Waals surface area contributed by atoms with E-state index in [0.29, 0.717) is 5.56 Å². The van der Waals surface area contributed by atoms with Gasteiger partial charge in [-0.05, 0) is 29.8 Å². The van der Waals surface area contributed by atoms with Crippen molar-refractivity contribution in [1.82, 2.24) is 19.9 Å². The lowest BCUT2D eigenvalue weighted by molar-refractivity contribution is -0.136. The smallest absolute Gasteiger partial charge is 0.345 e. The van der Waals surface area contributed by atoms with Crippen LogP contribution >= 0.6 is 11.6 Å². The van der Waals surface area contributed by atoms with Gasteiger partial charge in [-0.15, -0.1) is 10.2 Å². The Morgan fingerprint density at radius 2 is 2.04 bits per heavy atom. The Morgan fingerprint density at radius 3 is 2.74 bits per heavy atom. The van der Waals surface area contributed by atoms with E-state index in [0.717, 1.165) is 10.5 Å². The van der Waals surface area contributed by atoms with Gasteiger partial charge in [-0.1, -0.05) is 23.7 Å². The molecule has 5 nitrogen and oxygen atoms in total. The molecule has 2 heterocycles. The predicted molar refractivity (Wildman–Crippen MR) is 90.3 cm³/mol. The van der Waals surface area contributed by atoms with Crippen molar-refractivity contribution in [3.8, 4) is 0 Å². The summed E-state index contributed by atoms with van der Waals surface area (Å²) in [6.07, 6.45) is -0.839. The number of carbonyl (C=O) groups is 1. The molecule has 0 fully saturated rings. The molecule has 0 radical (unpaired) electrons. The van der Waals surface area contributed by atoms with E-state index in [1.165, 1.54) is 36.5 Å². The molecule has 1 aromatic carbocycles. The molecule has 0 saturated heterocycles. The molecule has 0 aliphatic heterocycles. The number of alkyl halides is 3. The van der Waals surface area contributed by atoms with Gasteiger partial charge in [0.05, 0.1) is 11.6 Å². The third kappa shape index (κ3) is 4.43. The van der Waals surface area contributed by atoms with Crippen LogP contribution in [-0.2, 0) is 17.5 Å². The van der Waals surface area contributed by atoms with E-state index in [9.17, 15) is 22.4 Å². The molecule has 0 saturated carbocycles. The van der Waals surface area contributed by atoms with Crippen molar-refractivity contribution >= 4 is 29.2 Å². The fourth-order valence-electron chi connectivity index (χ4n) is 2.34. The zero-order valence-electron chi connectivity index (χ0n) is 13.5. The minimum absolute atomic E-state index is 0.0745. The summed E-state index contributed by atoms with van der Waals surface area (Å²) in [6, 6.07) is 6.39. The van der Waals surface area contributed by atoms with Crippen molar-refractivity contribution in [3.05, 3.63) is 70.4 Å². The van der Waals surface area contributed by atoms with Gasteiger partial charge in [0.1, 0.15) is 11.4 Å². The molecule has 27 heavy (non-hydrogen) atoms. The van der Waals surface area contributed by atoms with Gasteiger partial charge in [-0.2, -0.15) is 13.2 Å². The zero-order valence-corrected chi connectivity index (χ0v) is 14.2. The van der Waals surface area contributed by atoms with Gasteiger partial charge < -0.3 is 5.32 Å². The number of benzene rings is 1. The summed E-state index contributed by atoms with van der Waals surface area (Å²) < 4.78 is 53.3. The van der Waals surface area contributed by atoms with Crippen LogP contribution in [0.2, 0.25) is 5.02 Å². The first-order valence-electron chi connectivity index (χ1n) is 7.56. The van der Waals surface area contributed by atoms with E-state index in [1.807, 2.05) is 0 Å². The van der Waals surface area contributed by atoms with E-state index in [1.54, 1.807) is 6.07 Å².